The SMILES string of the molecule is N#Cc1csc(-c2ccc(-c3ncc(N(C4CC4)[C@@H]4C[C@H]5CCC[C@H](C5)[C@@H]4F)nn3)c(O)c2)n1. The highest BCUT2D eigenvalue weighted by atomic mass is 32.1. The molecular weight excluding hydrogens is 451 g/mol. The standard InChI is InChI=1S/C25H25FN6OS/c26-23-15-3-1-2-14(8-15)9-20(23)32(18-5-6-18)22-12-28-24(31-30-22)19-7-4-16(10-21(19)33)25-29-17(11-27)13-34-25/h4,7,10,12-15,18,20,23,33H,1-3,5-6,8-9H2/t14-,15+,20+,23-/m0/s1. The fraction of sp³-hybridized carbons (Fsp3) is 0.480. The molecule has 3 aliphatic carbocycles. The van der Waals surface area contributed by atoms with Crippen LogP contribution < -0.4 is 4.90 Å². The average molecular weight is 477 g/mol. The number of thiazole rings is 1. The molecule has 0 amide bonds. The number of anilines is 1. The van der Waals surface area contributed by atoms with Crippen LogP contribution in [0.4, 0.5) is 10.2 Å². The molecule has 2 bridgehead atoms. The fourth-order valence-corrected chi connectivity index (χ4v) is 6.43. The van der Waals surface area contributed by atoms with Crippen LogP contribution in [0.5, 0.6) is 5.75 Å². The van der Waals surface area contributed by atoms with Crippen molar-refractivity contribution in [3.05, 3.63) is 35.5 Å². The van der Waals surface area contributed by atoms with Crippen LogP contribution in [0.1, 0.15) is 50.6 Å². The Labute approximate surface area is 201 Å². The van der Waals surface area contributed by atoms with Gasteiger partial charge in [-0.1, -0.05) is 18.9 Å². The van der Waals surface area contributed by atoms with Crippen molar-refractivity contribution >= 4 is 17.2 Å². The predicted molar refractivity (Wildman–Crippen MR) is 127 cm³/mol. The number of halogens is 1. The monoisotopic (exact) mass is 476 g/mol. The van der Waals surface area contributed by atoms with Crippen molar-refractivity contribution in [3.63, 3.8) is 0 Å². The Morgan fingerprint density at radius 1 is 1.15 bits per heavy atom. The van der Waals surface area contributed by atoms with Crippen molar-refractivity contribution in [2.24, 2.45) is 11.8 Å². The number of nitriles is 1. The summed E-state index contributed by atoms with van der Waals surface area (Å²) in [5.41, 5.74) is 1.53. The smallest absolute Gasteiger partial charge is 0.185 e. The van der Waals surface area contributed by atoms with E-state index in [0.29, 0.717) is 45.4 Å². The van der Waals surface area contributed by atoms with Gasteiger partial charge < -0.3 is 10.0 Å². The fourth-order valence-electron chi connectivity index (χ4n) is 5.69. The molecule has 0 saturated heterocycles. The molecule has 9 heteroatoms. The number of hydrogen-bond acceptors (Lipinski definition) is 8. The molecule has 0 unspecified atom stereocenters. The number of phenols is 1. The van der Waals surface area contributed by atoms with E-state index in [9.17, 15) is 5.11 Å². The van der Waals surface area contributed by atoms with E-state index < -0.39 is 6.17 Å². The minimum Gasteiger partial charge on any atom is -0.507 e. The Kier molecular flexibility index (Phi) is 5.41. The molecule has 3 saturated carbocycles. The molecule has 4 atom stereocenters. The average Bonchev–Trinajstić information content (AvgIpc) is 3.57. The normalized spacial score (nSPS) is 26.1. The second-order valence-corrected chi connectivity index (χ2v) is 10.6. The van der Waals surface area contributed by atoms with Gasteiger partial charge in [0.1, 0.15) is 23.0 Å². The van der Waals surface area contributed by atoms with Crippen LogP contribution in [0.3, 0.4) is 0 Å². The lowest BCUT2D eigenvalue weighted by Gasteiger charge is -2.46. The number of benzene rings is 1. The van der Waals surface area contributed by atoms with Crippen LogP contribution in [-0.2, 0) is 0 Å². The maximum absolute atomic E-state index is 15.5. The summed E-state index contributed by atoms with van der Waals surface area (Å²) in [6.45, 7) is 0. The number of rotatable bonds is 5. The van der Waals surface area contributed by atoms with Crippen molar-refractivity contribution in [2.75, 3.05) is 4.90 Å². The summed E-state index contributed by atoms with van der Waals surface area (Å²) in [6.07, 6.45) is 8.18. The van der Waals surface area contributed by atoms with Gasteiger partial charge in [0.25, 0.3) is 0 Å². The maximum atomic E-state index is 15.5. The molecule has 3 aromatic rings. The molecule has 1 aromatic carbocycles. The van der Waals surface area contributed by atoms with E-state index in [2.05, 4.69) is 25.1 Å². The first kappa shape index (κ1) is 21.4. The molecule has 2 heterocycles. The van der Waals surface area contributed by atoms with Crippen molar-refractivity contribution < 1.29 is 9.50 Å². The predicted octanol–water partition coefficient (Wildman–Crippen LogP) is 5.12. The molecule has 2 aromatic heterocycles. The van der Waals surface area contributed by atoms with Crippen LogP contribution in [-0.4, -0.2) is 43.5 Å². The molecule has 1 N–H and O–H groups in total. The molecule has 0 radical (unpaired) electrons. The maximum Gasteiger partial charge on any atom is 0.185 e. The summed E-state index contributed by atoms with van der Waals surface area (Å²) in [4.78, 5) is 10.9. The van der Waals surface area contributed by atoms with Crippen molar-refractivity contribution in [1.29, 1.82) is 5.26 Å². The molecular formula is C25H25FN6OS. The largest absolute Gasteiger partial charge is 0.507 e. The van der Waals surface area contributed by atoms with E-state index in [-0.39, 0.29) is 17.7 Å². The van der Waals surface area contributed by atoms with Gasteiger partial charge in [0.15, 0.2) is 17.3 Å². The van der Waals surface area contributed by atoms with Crippen LogP contribution in [0, 0.1) is 23.2 Å². The van der Waals surface area contributed by atoms with E-state index in [4.69, 9.17) is 5.26 Å². The second-order valence-electron chi connectivity index (χ2n) is 9.70. The van der Waals surface area contributed by atoms with E-state index in [1.54, 1.807) is 23.7 Å². The molecule has 174 valence electrons. The van der Waals surface area contributed by atoms with Crippen molar-refractivity contribution in [3.8, 4) is 33.8 Å². The molecule has 7 nitrogen and oxygen atoms in total. The van der Waals surface area contributed by atoms with Crippen LogP contribution in [0.25, 0.3) is 22.0 Å². The van der Waals surface area contributed by atoms with Gasteiger partial charge in [0, 0.05) is 17.0 Å². The van der Waals surface area contributed by atoms with Gasteiger partial charge in [-0.3, -0.25) is 0 Å². The van der Waals surface area contributed by atoms with Crippen molar-refractivity contribution in [1.82, 2.24) is 20.2 Å². The Morgan fingerprint density at radius 3 is 2.74 bits per heavy atom. The Morgan fingerprint density at radius 2 is 2.03 bits per heavy atom. The molecule has 34 heavy (non-hydrogen) atoms. The highest BCUT2D eigenvalue weighted by Crippen LogP contribution is 2.46. The van der Waals surface area contributed by atoms with Gasteiger partial charge in [-0.2, -0.15) is 5.26 Å². The summed E-state index contributed by atoms with van der Waals surface area (Å²) < 4.78 is 15.5. The zero-order valence-electron chi connectivity index (χ0n) is 18.6. The third-order valence-electron chi connectivity index (χ3n) is 7.43. The molecule has 6 rings (SSSR count). The lowest BCUT2D eigenvalue weighted by Crippen LogP contribution is -2.52. The Hall–Kier alpha value is -3.12. The number of aromatic hydroxyl groups is 1. The van der Waals surface area contributed by atoms with Gasteiger partial charge in [-0.15, -0.1) is 21.5 Å². The third-order valence-corrected chi connectivity index (χ3v) is 8.32. The van der Waals surface area contributed by atoms with E-state index in [1.165, 1.54) is 17.8 Å². The third kappa shape index (κ3) is 3.90. The highest BCUT2D eigenvalue weighted by Gasteiger charge is 2.46. The van der Waals surface area contributed by atoms with E-state index in [0.717, 1.165) is 38.5 Å². The number of nitrogens with zero attached hydrogens (tertiary/aromatic N) is 6. The number of phenolic OH excluding ortho intramolecular Hbond substituents is 1. The zero-order chi connectivity index (χ0) is 23.2. The first-order chi connectivity index (χ1) is 16.6. The number of aromatic nitrogens is 4. The first-order valence-electron chi connectivity index (χ1n) is 11.9. The van der Waals surface area contributed by atoms with E-state index in [1.807, 2.05) is 12.1 Å². The minimum absolute atomic E-state index is 0.0173. The van der Waals surface area contributed by atoms with Gasteiger partial charge in [0.2, 0.25) is 0 Å². The van der Waals surface area contributed by atoms with Crippen LogP contribution in [0.15, 0.2) is 29.8 Å². The van der Waals surface area contributed by atoms with Crippen LogP contribution >= 0.6 is 11.3 Å². The number of alkyl halides is 1. The highest BCUT2D eigenvalue weighted by molar-refractivity contribution is 7.13. The second kappa shape index (κ2) is 8.58. The summed E-state index contributed by atoms with van der Waals surface area (Å²) >= 11 is 1.35. The number of hydrogen-bond donors (Lipinski definition) is 1. The zero-order valence-corrected chi connectivity index (χ0v) is 19.5. The summed E-state index contributed by atoms with van der Waals surface area (Å²) in [7, 11) is 0. The molecule has 3 fully saturated rings. The van der Waals surface area contributed by atoms with Crippen LogP contribution in [0.2, 0.25) is 0 Å². The van der Waals surface area contributed by atoms with Gasteiger partial charge in [0.05, 0.1) is 17.8 Å². The topological polar surface area (TPSA) is 98.8 Å². The van der Waals surface area contributed by atoms with E-state index >= 15 is 4.39 Å². The lowest BCUT2D eigenvalue weighted by atomic mass is 9.69. The van der Waals surface area contributed by atoms with Gasteiger partial charge in [-0.05, 0) is 56.1 Å². The summed E-state index contributed by atoms with van der Waals surface area (Å²) in [6, 6.07) is 7.32. The summed E-state index contributed by atoms with van der Waals surface area (Å²) in [5.74, 6) is 1.73. The first-order valence-corrected chi connectivity index (χ1v) is 12.8. The lowest BCUT2D eigenvalue weighted by molar-refractivity contribution is 0.0631. The summed E-state index contributed by atoms with van der Waals surface area (Å²) in [5, 5.41) is 30.7. The Balaban J connectivity index is 1.25. The molecule has 3 aliphatic rings. The molecule has 0 aliphatic heterocycles. The van der Waals surface area contributed by atoms with Crippen molar-refractivity contribution in [2.45, 2.75) is 63.2 Å². The van der Waals surface area contributed by atoms with Gasteiger partial charge in [-0.25, -0.2) is 14.4 Å². The molecule has 0 spiro atoms. The van der Waals surface area contributed by atoms with Gasteiger partial charge >= 0.3 is 0 Å². The minimum atomic E-state index is -0.831. The Bertz CT molecular complexity index is 1240. The number of fused-ring (bicyclic) bond motifs is 2. The quantitative estimate of drug-likeness (QED) is 0.545.